The van der Waals surface area contributed by atoms with Gasteiger partial charge in [0.2, 0.25) is 0 Å². The molecule has 0 unspecified atom stereocenters. The zero-order chi connectivity index (χ0) is 16.1. The highest BCUT2D eigenvalue weighted by molar-refractivity contribution is 5.61. The first-order valence-corrected chi connectivity index (χ1v) is 7.34. The molecule has 2 N–H and O–H groups in total. The zero-order valence-corrected chi connectivity index (χ0v) is 12.8. The van der Waals surface area contributed by atoms with Gasteiger partial charge in [0.15, 0.2) is 0 Å². The number of hydrogen-bond donors (Lipinski definition) is 2. The maximum Gasteiger partial charge on any atom is 0.135 e. The van der Waals surface area contributed by atoms with Crippen LogP contribution in [0.4, 0.5) is 21.7 Å². The van der Waals surface area contributed by atoms with Crippen LogP contribution in [0.3, 0.4) is 0 Å². The van der Waals surface area contributed by atoms with Gasteiger partial charge in [0, 0.05) is 23.9 Å². The van der Waals surface area contributed by atoms with Crippen molar-refractivity contribution in [3.05, 3.63) is 77.9 Å². The van der Waals surface area contributed by atoms with Crippen LogP contribution in [0.25, 0.3) is 0 Å². The molecule has 0 aliphatic heterocycles. The normalized spacial score (nSPS) is 10.3. The van der Waals surface area contributed by atoms with E-state index in [2.05, 4.69) is 20.6 Å². The minimum absolute atomic E-state index is 0.229. The van der Waals surface area contributed by atoms with Crippen molar-refractivity contribution >= 4 is 17.3 Å². The molecule has 0 aliphatic carbocycles. The van der Waals surface area contributed by atoms with Gasteiger partial charge in [-0.1, -0.05) is 36.4 Å². The molecule has 0 aliphatic rings. The fraction of sp³-hybridized carbons (Fsp3) is 0.111. The third-order valence-electron chi connectivity index (χ3n) is 3.49. The second-order valence-electron chi connectivity index (χ2n) is 5.17. The third-order valence-corrected chi connectivity index (χ3v) is 3.49. The Labute approximate surface area is 134 Å². The van der Waals surface area contributed by atoms with E-state index in [0.717, 1.165) is 11.3 Å². The molecule has 3 rings (SSSR count). The summed E-state index contributed by atoms with van der Waals surface area (Å²) >= 11 is 0. The number of rotatable bonds is 5. The first-order chi connectivity index (χ1) is 11.2. The second kappa shape index (κ2) is 6.87. The van der Waals surface area contributed by atoms with Crippen molar-refractivity contribution in [1.29, 1.82) is 0 Å². The molecule has 0 atom stereocenters. The number of hydrogen-bond acceptors (Lipinski definition) is 4. The van der Waals surface area contributed by atoms with Crippen LogP contribution in [0.5, 0.6) is 0 Å². The highest BCUT2D eigenvalue weighted by Crippen LogP contribution is 2.20. The largest absolute Gasteiger partial charge is 0.366 e. The molecule has 23 heavy (non-hydrogen) atoms. The summed E-state index contributed by atoms with van der Waals surface area (Å²) in [7, 11) is 0. The lowest BCUT2D eigenvalue weighted by Crippen LogP contribution is -2.04. The first kappa shape index (κ1) is 15.0. The fourth-order valence-electron chi connectivity index (χ4n) is 2.20. The Morgan fingerprint density at radius 1 is 0.957 bits per heavy atom. The van der Waals surface area contributed by atoms with Crippen molar-refractivity contribution in [2.45, 2.75) is 13.5 Å². The van der Waals surface area contributed by atoms with Gasteiger partial charge in [-0.15, -0.1) is 0 Å². The molecule has 0 radical (unpaired) electrons. The van der Waals surface area contributed by atoms with E-state index in [1.54, 1.807) is 18.2 Å². The molecule has 0 fully saturated rings. The van der Waals surface area contributed by atoms with E-state index in [-0.39, 0.29) is 5.82 Å². The van der Waals surface area contributed by atoms with Gasteiger partial charge in [-0.3, -0.25) is 0 Å². The summed E-state index contributed by atoms with van der Waals surface area (Å²) in [5.74, 6) is 1.09. The van der Waals surface area contributed by atoms with Crippen LogP contribution in [0.15, 0.2) is 60.9 Å². The van der Waals surface area contributed by atoms with E-state index in [9.17, 15) is 4.39 Å². The summed E-state index contributed by atoms with van der Waals surface area (Å²) in [4.78, 5) is 8.38. The predicted molar refractivity (Wildman–Crippen MR) is 90.2 cm³/mol. The molecule has 1 heterocycles. The summed E-state index contributed by atoms with van der Waals surface area (Å²) in [6.07, 6.45) is 1.48. The van der Waals surface area contributed by atoms with Crippen molar-refractivity contribution in [3.8, 4) is 0 Å². The summed E-state index contributed by atoms with van der Waals surface area (Å²) in [6.45, 7) is 2.40. The molecular weight excluding hydrogens is 291 g/mol. The van der Waals surface area contributed by atoms with Crippen molar-refractivity contribution in [2.75, 3.05) is 10.6 Å². The standard InChI is InChI=1S/C18H17FN4/c1-13-6-2-5-9-16(13)23-18-10-17(21-12-22-18)20-11-14-7-3-4-8-15(14)19/h2-10,12H,11H2,1H3,(H2,20,21,22,23). The van der Waals surface area contributed by atoms with E-state index in [4.69, 9.17) is 0 Å². The molecule has 0 saturated carbocycles. The Bertz CT molecular complexity index is 804. The highest BCUT2D eigenvalue weighted by atomic mass is 19.1. The molecule has 5 heteroatoms. The summed E-state index contributed by atoms with van der Waals surface area (Å²) < 4.78 is 13.6. The summed E-state index contributed by atoms with van der Waals surface area (Å²) in [5, 5.41) is 6.37. The molecule has 1 aromatic heterocycles. The molecule has 3 aromatic rings. The number of aryl methyl sites for hydroxylation is 1. The van der Waals surface area contributed by atoms with Crippen molar-refractivity contribution in [2.24, 2.45) is 0 Å². The first-order valence-electron chi connectivity index (χ1n) is 7.34. The van der Waals surface area contributed by atoms with Gasteiger partial charge in [-0.05, 0) is 24.6 Å². The Morgan fingerprint density at radius 2 is 1.70 bits per heavy atom. The van der Waals surface area contributed by atoms with Gasteiger partial charge in [-0.25, -0.2) is 14.4 Å². The number of nitrogens with zero attached hydrogens (tertiary/aromatic N) is 2. The van der Waals surface area contributed by atoms with Crippen molar-refractivity contribution in [3.63, 3.8) is 0 Å². The van der Waals surface area contributed by atoms with E-state index >= 15 is 0 Å². The number of aromatic nitrogens is 2. The van der Waals surface area contributed by atoms with Crippen LogP contribution in [-0.4, -0.2) is 9.97 Å². The monoisotopic (exact) mass is 308 g/mol. The SMILES string of the molecule is Cc1ccccc1Nc1cc(NCc2ccccc2F)ncn1. The lowest BCUT2D eigenvalue weighted by molar-refractivity contribution is 0.613. The Morgan fingerprint density at radius 3 is 2.52 bits per heavy atom. The minimum Gasteiger partial charge on any atom is -0.366 e. The van der Waals surface area contributed by atoms with Crippen LogP contribution in [-0.2, 0) is 6.54 Å². The smallest absolute Gasteiger partial charge is 0.135 e. The average molecular weight is 308 g/mol. The topological polar surface area (TPSA) is 49.8 Å². The van der Waals surface area contributed by atoms with Gasteiger partial charge in [0.25, 0.3) is 0 Å². The maximum atomic E-state index is 13.6. The zero-order valence-electron chi connectivity index (χ0n) is 12.8. The Kier molecular flexibility index (Phi) is 4.47. The number of para-hydroxylation sites is 1. The second-order valence-corrected chi connectivity index (χ2v) is 5.17. The molecule has 0 spiro atoms. The average Bonchev–Trinajstić information content (AvgIpc) is 2.57. The molecule has 0 amide bonds. The number of halogens is 1. The molecule has 116 valence electrons. The number of anilines is 3. The molecule has 0 saturated heterocycles. The lowest BCUT2D eigenvalue weighted by atomic mass is 10.2. The lowest BCUT2D eigenvalue weighted by Gasteiger charge is -2.10. The van der Waals surface area contributed by atoms with E-state index in [1.807, 2.05) is 37.3 Å². The number of benzene rings is 2. The quantitative estimate of drug-likeness (QED) is 0.738. The van der Waals surface area contributed by atoms with Gasteiger partial charge in [-0.2, -0.15) is 0 Å². The van der Waals surface area contributed by atoms with Crippen LogP contribution in [0.2, 0.25) is 0 Å². The van der Waals surface area contributed by atoms with Gasteiger partial charge in [0.05, 0.1) is 0 Å². The summed E-state index contributed by atoms with van der Waals surface area (Å²) in [6, 6.07) is 16.4. The van der Waals surface area contributed by atoms with E-state index in [1.165, 1.54) is 12.4 Å². The van der Waals surface area contributed by atoms with Gasteiger partial charge in [0.1, 0.15) is 23.8 Å². The third kappa shape index (κ3) is 3.83. The van der Waals surface area contributed by atoms with Crippen molar-refractivity contribution < 1.29 is 4.39 Å². The van der Waals surface area contributed by atoms with Crippen LogP contribution < -0.4 is 10.6 Å². The highest BCUT2D eigenvalue weighted by Gasteiger charge is 2.03. The van der Waals surface area contributed by atoms with Crippen LogP contribution in [0.1, 0.15) is 11.1 Å². The molecule has 4 nitrogen and oxygen atoms in total. The molecular formula is C18H17FN4. The van der Waals surface area contributed by atoms with E-state index < -0.39 is 0 Å². The maximum absolute atomic E-state index is 13.6. The minimum atomic E-state index is -0.229. The van der Waals surface area contributed by atoms with E-state index in [0.29, 0.717) is 23.7 Å². The van der Waals surface area contributed by atoms with Gasteiger partial charge >= 0.3 is 0 Å². The summed E-state index contributed by atoms with van der Waals surface area (Å²) in [5.41, 5.74) is 2.72. The van der Waals surface area contributed by atoms with Crippen LogP contribution >= 0.6 is 0 Å². The Balaban J connectivity index is 1.70. The molecule has 0 bridgehead atoms. The number of nitrogens with one attached hydrogen (secondary N) is 2. The van der Waals surface area contributed by atoms with Crippen molar-refractivity contribution in [1.82, 2.24) is 9.97 Å². The van der Waals surface area contributed by atoms with Crippen LogP contribution in [0, 0.1) is 12.7 Å². The fourth-order valence-corrected chi connectivity index (χ4v) is 2.20. The van der Waals surface area contributed by atoms with Gasteiger partial charge < -0.3 is 10.6 Å². The Hall–Kier alpha value is -2.95. The predicted octanol–water partition coefficient (Wildman–Crippen LogP) is 4.28. The molecule has 2 aromatic carbocycles.